The largest absolute Gasteiger partial charge is 0.300 e. The lowest BCUT2D eigenvalue weighted by Crippen LogP contribution is -1.98. The highest BCUT2D eigenvalue weighted by molar-refractivity contribution is 9.10. The molecule has 0 bridgehead atoms. The maximum Gasteiger partial charge on any atom is 0.108 e. The van der Waals surface area contributed by atoms with Gasteiger partial charge >= 0.3 is 0 Å². The molecule has 0 fully saturated rings. The molecule has 1 aromatic heterocycles. The van der Waals surface area contributed by atoms with Crippen LogP contribution in [-0.4, -0.2) is 10.2 Å². The molecule has 1 aromatic carbocycles. The van der Waals surface area contributed by atoms with Gasteiger partial charge in [-0.1, -0.05) is 6.07 Å². The van der Waals surface area contributed by atoms with E-state index in [9.17, 15) is 0 Å². The van der Waals surface area contributed by atoms with Gasteiger partial charge in [-0.3, -0.25) is 9.94 Å². The van der Waals surface area contributed by atoms with Gasteiger partial charge in [-0.2, -0.15) is 5.10 Å². The van der Waals surface area contributed by atoms with Gasteiger partial charge in [-0.25, -0.2) is 5.90 Å². The van der Waals surface area contributed by atoms with Crippen LogP contribution < -0.4 is 5.90 Å². The monoisotopic (exact) mass is 241 g/mol. The average Bonchev–Trinajstić information content (AvgIpc) is 2.49. The number of fused-ring (bicyclic) bond motifs is 1. The van der Waals surface area contributed by atoms with Crippen molar-refractivity contribution in [1.29, 1.82) is 0 Å². The Kier molecular flexibility index (Phi) is 2.30. The molecular weight excluding hydrogens is 234 g/mol. The number of nitrogens with one attached hydrogen (secondary N) is 1. The summed E-state index contributed by atoms with van der Waals surface area (Å²) in [6.45, 7) is 0.410. The van der Waals surface area contributed by atoms with Crippen LogP contribution >= 0.6 is 15.9 Å². The van der Waals surface area contributed by atoms with Gasteiger partial charge < -0.3 is 0 Å². The molecule has 0 aliphatic rings. The molecule has 0 saturated heterocycles. The first-order valence-corrected chi connectivity index (χ1v) is 4.55. The van der Waals surface area contributed by atoms with Crippen LogP contribution in [0.5, 0.6) is 0 Å². The summed E-state index contributed by atoms with van der Waals surface area (Å²) in [7, 11) is 0. The zero-order valence-corrected chi connectivity index (χ0v) is 8.34. The molecule has 1 heterocycles. The highest BCUT2D eigenvalue weighted by Crippen LogP contribution is 2.21. The molecule has 0 unspecified atom stereocenters. The quantitative estimate of drug-likeness (QED) is 0.788. The van der Waals surface area contributed by atoms with E-state index in [0.29, 0.717) is 6.61 Å². The maximum absolute atomic E-state index is 4.98. The number of benzene rings is 1. The van der Waals surface area contributed by atoms with Crippen molar-refractivity contribution in [3.05, 3.63) is 28.4 Å². The van der Waals surface area contributed by atoms with Gasteiger partial charge in [0.2, 0.25) is 0 Å². The number of halogens is 1. The Bertz CT molecular complexity index is 426. The summed E-state index contributed by atoms with van der Waals surface area (Å²) < 4.78 is 0.876. The summed E-state index contributed by atoms with van der Waals surface area (Å²) in [5.74, 6) is 4.98. The van der Waals surface area contributed by atoms with Crippen molar-refractivity contribution in [3.8, 4) is 0 Å². The van der Waals surface area contributed by atoms with E-state index in [1.165, 1.54) is 0 Å². The first-order valence-electron chi connectivity index (χ1n) is 3.75. The predicted octanol–water partition coefficient (Wildman–Crippen LogP) is 1.72. The summed E-state index contributed by atoms with van der Waals surface area (Å²) in [4.78, 5) is 4.55. The van der Waals surface area contributed by atoms with E-state index in [1.807, 2.05) is 18.2 Å². The van der Waals surface area contributed by atoms with Crippen LogP contribution in [0.2, 0.25) is 0 Å². The van der Waals surface area contributed by atoms with Crippen LogP contribution in [-0.2, 0) is 11.4 Å². The van der Waals surface area contributed by atoms with E-state index in [1.54, 1.807) is 0 Å². The van der Waals surface area contributed by atoms with Crippen molar-refractivity contribution in [1.82, 2.24) is 10.2 Å². The van der Waals surface area contributed by atoms with Crippen LogP contribution in [0.25, 0.3) is 10.9 Å². The fourth-order valence-electron chi connectivity index (χ4n) is 1.21. The zero-order valence-electron chi connectivity index (χ0n) is 6.75. The number of aromatic nitrogens is 2. The Morgan fingerprint density at radius 2 is 2.38 bits per heavy atom. The first kappa shape index (κ1) is 8.68. The molecule has 0 aliphatic carbocycles. The predicted molar refractivity (Wildman–Crippen MR) is 52.8 cm³/mol. The third kappa shape index (κ3) is 1.58. The van der Waals surface area contributed by atoms with Crippen molar-refractivity contribution in [2.75, 3.05) is 0 Å². The van der Waals surface area contributed by atoms with Crippen LogP contribution in [0.4, 0.5) is 0 Å². The van der Waals surface area contributed by atoms with Gasteiger partial charge in [0, 0.05) is 5.39 Å². The Balaban J connectivity index is 2.53. The molecule has 0 aliphatic heterocycles. The minimum Gasteiger partial charge on any atom is -0.300 e. The normalized spacial score (nSPS) is 10.9. The second kappa shape index (κ2) is 3.45. The summed E-state index contributed by atoms with van der Waals surface area (Å²) in [6.07, 6.45) is 0. The second-order valence-electron chi connectivity index (χ2n) is 2.70. The number of H-pyrrole nitrogens is 1. The van der Waals surface area contributed by atoms with Gasteiger partial charge in [-0.05, 0) is 33.6 Å². The van der Waals surface area contributed by atoms with E-state index in [2.05, 4.69) is 31.0 Å². The fraction of sp³-hybridized carbons (Fsp3) is 0.125. The van der Waals surface area contributed by atoms with E-state index < -0.39 is 0 Å². The van der Waals surface area contributed by atoms with Crippen molar-refractivity contribution >= 4 is 26.8 Å². The topological polar surface area (TPSA) is 63.9 Å². The standard InChI is InChI=1S/C8H8BrN3O/c9-8-6-3-5(4-13-10)1-2-7(6)11-12-8/h1-3H,4,10H2,(H,11,12). The maximum atomic E-state index is 4.98. The molecular formula is C8H8BrN3O. The van der Waals surface area contributed by atoms with Gasteiger partial charge in [0.25, 0.3) is 0 Å². The smallest absolute Gasteiger partial charge is 0.108 e. The molecule has 0 amide bonds. The molecule has 4 nitrogen and oxygen atoms in total. The average molecular weight is 242 g/mol. The van der Waals surface area contributed by atoms with E-state index in [0.717, 1.165) is 21.1 Å². The van der Waals surface area contributed by atoms with E-state index in [-0.39, 0.29) is 0 Å². The molecule has 2 rings (SSSR count). The number of rotatable bonds is 2. The lowest BCUT2D eigenvalue weighted by Gasteiger charge is -1.97. The van der Waals surface area contributed by atoms with Crippen molar-refractivity contribution in [2.45, 2.75) is 6.61 Å². The molecule has 0 spiro atoms. The van der Waals surface area contributed by atoms with Crippen LogP contribution in [0.15, 0.2) is 22.8 Å². The third-order valence-electron chi connectivity index (χ3n) is 1.82. The molecule has 0 saturated carbocycles. The Morgan fingerprint density at radius 3 is 3.15 bits per heavy atom. The van der Waals surface area contributed by atoms with E-state index >= 15 is 0 Å². The zero-order chi connectivity index (χ0) is 9.26. The fourth-order valence-corrected chi connectivity index (χ4v) is 1.62. The molecule has 2 aromatic rings. The van der Waals surface area contributed by atoms with Crippen molar-refractivity contribution < 1.29 is 4.84 Å². The third-order valence-corrected chi connectivity index (χ3v) is 2.43. The van der Waals surface area contributed by atoms with Gasteiger partial charge in [0.05, 0.1) is 12.1 Å². The Labute approximate surface area is 83.2 Å². The van der Waals surface area contributed by atoms with Crippen LogP contribution in [0.1, 0.15) is 5.56 Å². The van der Waals surface area contributed by atoms with Crippen molar-refractivity contribution in [3.63, 3.8) is 0 Å². The molecule has 5 heteroatoms. The minimum absolute atomic E-state index is 0.410. The highest BCUT2D eigenvalue weighted by Gasteiger charge is 2.02. The van der Waals surface area contributed by atoms with Gasteiger partial charge in [0.1, 0.15) is 4.60 Å². The minimum atomic E-state index is 0.410. The summed E-state index contributed by atoms with van der Waals surface area (Å²) in [6, 6.07) is 5.84. The van der Waals surface area contributed by atoms with Gasteiger partial charge in [0.15, 0.2) is 0 Å². The molecule has 0 atom stereocenters. The van der Waals surface area contributed by atoms with Gasteiger partial charge in [-0.15, -0.1) is 0 Å². The Morgan fingerprint density at radius 1 is 1.54 bits per heavy atom. The SMILES string of the molecule is NOCc1ccc2n[nH]c(Br)c2c1. The van der Waals surface area contributed by atoms with E-state index in [4.69, 9.17) is 5.90 Å². The number of nitrogens with two attached hydrogens (primary N) is 1. The van der Waals surface area contributed by atoms with Crippen LogP contribution in [0.3, 0.4) is 0 Å². The summed E-state index contributed by atoms with van der Waals surface area (Å²) in [5.41, 5.74) is 1.95. The molecule has 0 radical (unpaired) electrons. The lowest BCUT2D eigenvalue weighted by molar-refractivity contribution is 0.124. The molecule has 3 N–H and O–H groups in total. The summed E-state index contributed by atoms with van der Waals surface area (Å²) >= 11 is 3.36. The highest BCUT2D eigenvalue weighted by atomic mass is 79.9. The number of hydrogen-bond acceptors (Lipinski definition) is 3. The number of hydrogen-bond donors (Lipinski definition) is 2. The van der Waals surface area contributed by atoms with Crippen molar-refractivity contribution in [2.24, 2.45) is 5.90 Å². The first-order chi connectivity index (χ1) is 6.31. The Hall–Kier alpha value is -0.910. The lowest BCUT2D eigenvalue weighted by atomic mass is 10.2. The molecule has 68 valence electrons. The molecule has 13 heavy (non-hydrogen) atoms. The number of aromatic amines is 1. The second-order valence-corrected chi connectivity index (χ2v) is 3.49. The summed E-state index contributed by atoms with van der Waals surface area (Å²) in [5, 5.41) is 7.95. The van der Waals surface area contributed by atoms with Crippen LogP contribution in [0, 0.1) is 0 Å². The number of nitrogens with zero attached hydrogens (tertiary/aromatic N) is 1.